The van der Waals surface area contributed by atoms with E-state index < -0.39 is 299 Å². The van der Waals surface area contributed by atoms with E-state index in [-0.39, 0.29) is 0 Å². The van der Waals surface area contributed by atoms with E-state index in [9.17, 15) is 133 Å². The molecule has 26 N–H and O–H groups in total. The number of hydrogen-bond acceptors (Lipinski definition) is 41. The predicted molar refractivity (Wildman–Crippen MR) is 264 cm³/mol. The quantitative estimate of drug-likeness (QED) is 0.0479. The summed E-state index contributed by atoms with van der Waals surface area (Å²) >= 11 is 0. The third kappa shape index (κ3) is 15.0. The summed E-state index contributed by atoms with van der Waals surface area (Å²) in [5.74, 6) is 0. The van der Waals surface area contributed by atoms with E-state index in [1.807, 2.05) is 0 Å². The Kier molecular flexibility index (Phi) is 25.9. The van der Waals surface area contributed by atoms with Crippen LogP contribution in [-0.2, 0) is 71.1 Å². The number of ether oxygens (including phenoxy) is 15. The van der Waals surface area contributed by atoms with Crippen molar-refractivity contribution in [3.05, 3.63) is 0 Å². The SMILES string of the molecule is OC[C@H]1O[C@H](O[C@H]2[C@H](O)[C@@H](O)[C@@H](O[C@H]3[C@H](O)[C@@H](O)[C@@H](O[C@H]4[C@H](O)[C@@H](O)[C@@H](O[C@H]5[C@H](O)[C@@H](O)[C@@H](O[C@H]6[C@H](O)[C@@H](O)[C@@H](O[C@H]7[C@H](O)[C@@H](O)[C@@H](O[C@H]8[C@H](O)[C@@H](O)[C@H](O)O[C@@H]8CO)O[C@@H]7CO)O[C@@H]6CO)O[C@@H]5CO)O[C@@H]4CO)O[C@@H]3CO)O[C@@H]2CO)[C@H](O)[C@@H](O)[C@@H]1O. The maximum absolute atomic E-state index is 11.4. The standard InChI is InChI=1S/C48H82O41/c49-1-9-17(57)18(58)27(67)42(76-9)84-35-11(3-51)78-44(29(69)20(35)60)86-37-13(5-53)80-46(31(71)22(37)62)88-39-15(7-55)82-48(33(73)24(39)64)89-40-16(8-56)81-47(32(72)25(40)65)87-38-14(6-54)79-45(30(70)23(38)63)85-36-12(4-52)77-43(28(68)21(36)61)83-34-10(2-50)75-41(74)26(66)19(34)59/h9-74H,1-8H2/t9-,10-,11-,12-,13-,14-,15-,16-,17-,18+,19-,20-,21-,22-,23-,24-,25-,26-,27-,28-,29-,30-,31-,32-,33-,34-,35-,36-,37-,38-,39-,40-,41-,42-,43-,44-,45-,46-,47-,48-/m1/s1. The van der Waals surface area contributed by atoms with Crippen molar-refractivity contribution in [2.24, 2.45) is 0 Å². The Labute approximate surface area is 501 Å². The average molecular weight is 1320 g/mol. The van der Waals surface area contributed by atoms with E-state index in [4.69, 9.17) is 71.1 Å². The van der Waals surface area contributed by atoms with Crippen LogP contribution in [0.1, 0.15) is 0 Å². The number of aliphatic hydroxyl groups excluding tert-OH is 26. The van der Waals surface area contributed by atoms with Gasteiger partial charge in [-0.2, -0.15) is 0 Å². The number of rotatable bonds is 22. The fourth-order valence-electron chi connectivity index (χ4n) is 11.5. The molecule has 520 valence electrons. The largest absolute Gasteiger partial charge is 0.394 e. The molecule has 0 aromatic heterocycles. The Morgan fingerprint density at radius 3 is 0.517 bits per heavy atom. The molecule has 8 saturated heterocycles. The van der Waals surface area contributed by atoms with Gasteiger partial charge in [0.05, 0.1) is 52.9 Å². The van der Waals surface area contributed by atoms with Crippen LogP contribution in [0.3, 0.4) is 0 Å². The van der Waals surface area contributed by atoms with Crippen molar-refractivity contribution in [1.82, 2.24) is 0 Å². The van der Waals surface area contributed by atoms with Gasteiger partial charge in [0.2, 0.25) is 0 Å². The van der Waals surface area contributed by atoms with Crippen LogP contribution in [-0.4, -0.2) is 431 Å². The molecule has 0 saturated carbocycles. The fraction of sp³-hybridized carbons (Fsp3) is 1.00. The van der Waals surface area contributed by atoms with Gasteiger partial charge in [0, 0.05) is 0 Å². The second kappa shape index (κ2) is 31.5. The smallest absolute Gasteiger partial charge is 0.187 e. The fourth-order valence-corrected chi connectivity index (χ4v) is 11.5. The van der Waals surface area contributed by atoms with Crippen molar-refractivity contribution < 1.29 is 204 Å². The molecule has 0 amide bonds. The minimum Gasteiger partial charge on any atom is -0.394 e. The maximum atomic E-state index is 11.4. The van der Waals surface area contributed by atoms with Crippen LogP contribution in [0.5, 0.6) is 0 Å². The van der Waals surface area contributed by atoms with E-state index >= 15 is 0 Å². The summed E-state index contributed by atoms with van der Waals surface area (Å²) in [5.41, 5.74) is 0. The number of hydrogen-bond donors (Lipinski definition) is 26. The summed E-state index contributed by atoms with van der Waals surface area (Å²) in [4.78, 5) is 0. The molecule has 8 aliphatic heterocycles. The van der Waals surface area contributed by atoms with E-state index in [1.54, 1.807) is 0 Å². The van der Waals surface area contributed by atoms with Crippen molar-refractivity contribution in [1.29, 1.82) is 0 Å². The first kappa shape index (κ1) is 73.2. The van der Waals surface area contributed by atoms with Crippen molar-refractivity contribution in [2.45, 2.75) is 246 Å². The molecular weight excluding hydrogens is 1230 g/mol. The molecule has 0 spiro atoms. The van der Waals surface area contributed by atoms with Crippen LogP contribution >= 0.6 is 0 Å². The van der Waals surface area contributed by atoms with Crippen LogP contribution in [0, 0.1) is 0 Å². The lowest BCUT2D eigenvalue weighted by atomic mass is 9.95. The van der Waals surface area contributed by atoms with Gasteiger partial charge in [0.15, 0.2) is 50.3 Å². The zero-order valence-electron chi connectivity index (χ0n) is 46.5. The molecule has 41 nitrogen and oxygen atoms in total. The van der Waals surface area contributed by atoms with Gasteiger partial charge in [0.1, 0.15) is 195 Å². The van der Waals surface area contributed by atoms with Crippen molar-refractivity contribution in [3.8, 4) is 0 Å². The highest BCUT2D eigenvalue weighted by Gasteiger charge is 2.59. The van der Waals surface area contributed by atoms with Gasteiger partial charge in [0.25, 0.3) is 0 Å². The van der Waals surface area contributed by atoms with Crippen molar-refractivity contribution in [3.63, 3.8) is 0 Å². The molecular formula is C48H82O41. The molecule has 0 aromatic rings. The van der Waals surface area contributed by atoms with Gasteiger partial charge in [-0.1, -0.05) is 0 Å². The van der Waals surface area contributed by atoms with E-state index in [0.29, 0.717) is 0 Å². The van der Waals surface area contributed by atoms with E-state index in [2.05, 4.69) is 0 Å². The van der Waals surface area contributed by atoms with Crippen LogP contribution < -0.4 is 0 Å². The molecule has 41 heteroatoms. The van der Waals surface area contributed by atoms with Gasteiger partial charge >= 0.3 is 0 Å². The molecule has 0 aromatic carbocycles. The minimum atomic E-state index is -2.26. The summed E-state index contributed by atoms with van der Waals surface area (Å²) < 4.78 is 83.4. The molecule has 0 bridgehead atoms. The second-order valence-electron chi connectivity index (χ2n) is 22.4. The Morgan fingerprint density at radius 2 is 0.326 bits per heavy atom. The van der Waals surface area contributed by atoms with Gasteiger partial charge in [-0.3, -0.25) is 0 Å². The maximum Gasteiger partial charge on any atom is 0.187 e. The molecule has 0 unspecified atom stereocenters. The highest BCUT2D eigenvalue weighted by molar-refractivity contribution is 5.02. The Morgan fingerprint density at radius 1 is 0.169 bits per heavy atom. The third-order valence-electron chi connectivity index (χ3n) is 16.7. The van der Waals surface area contributed by atoms with Gasteiger partial charge in [-0.15, -0.1) is 0 Å². The van der Waals surface area contributed by atoms with Gasteiger partial charge < -0.3 is 204 Å². The molecule has 0 aliphatic carbocycles. The Hall–Kier alpha value is -1.64. The summed E-state index contributed by atoms with van der Waals surface area (Å²) in [6.07, 6.45) is -78.4. The topological polar surface area (TPSA) is 664 Å². The zero-order chi connectivity index (χ0) is 65.4. The Balaban J connectivity index is 0.850. The lowest BCUT2D eigenvalue weighted by molar-refractivity contribution is -0.399. The third-order valence-corrected chi connectivity index (χ3v) is 16.7. The first-order valence-corrected chi connectivity index (χ1v) is 28.2. The highest BCUT2D eigenvalue weighted by atomic mass is 16.8. The first-order valence-electron chi connectivity index (χ1n) is 28.2. The molecule has 0 radical (unpaired) electrons. The first-order chi connectivity index (χ1) is 42.2. The highest BCUT2D eigenvalue weighted by Crippen LogP contribution is 2.39. The lowest BCUT2D eigenvalue weighted by Gasteiger charge is -2.50. The van der Waals surface area contributed by atoms with E-state index in [0.717, 1.165) is 0 Å². The molecule has 8 heterocycles. The summed E-state index contributed by atoms with van der Waals surface area (Å²) in [5, 5.41) is 277. The zero-order valence-corrected chi connectivity index (χ0v) is 46.5. The normalized spacial score (nSPS) is 53.6. The van der Waals surface area contributed by atoms with Crippen LogP contribution in [0.2, 0.25) is 0 Å². The van der Waals surface area contributed by atoms with Crippen molar-refractivity contribution >= 4 is 0 Å². The lowest BCUT2D eigenvalue weighted by Crippen LogP contribution is -2.68. The van der Waals surface area contributed by atoms with E-state index in [1.165, 1.54) is 0 Å². The van der Waals surface area contributed by atoms with Crippen LogP contribution in [0.4, 0.5) is 0 Å². The monoisotopic (exact) mass is 1310 g/mol. The molecule has 8 fully saturated rings. The van der Waals surface area contributed by atoms with Gasteiger partial charge in [-0.25, -0.2) is 0 Å². The summed E-state index contributed by atoms with van der Waals surface area (Å²) in [7, 11) is 0. The second-order valence-corrected chi connectivity index (χ2v) is 22.4. The van der Waals surface area contributed by atoms with Crippen LogP contribution in [0.25, 0.3) is 0 Å². The molecule has 8 rings (SSSR count). The summed E-state index contributed by atoms with van der Waals surface area (Å²) in [6.45, 7) is -8.07. The predicted octanol–water partition coefficient (Wildman–Crippen LogP) is -18.5. The van der Waals surface area contributed by atoms with Gasteiger partial charge in [-0.05, 0) is 0 Å². The number of aliphatic hydroxyl groups is 26. The molecule has 8 aliphatic rings. The van der Waals surface area contributed by atoms with Crippen LogP contribution in [0.15, 0.2) is 0 Å². The molecule has 89 heavy (non-hydrogen) atoms. The average Bonchev–Trinajstić information content (AvgIpc) is 1.20. The summed E-state index contributed by atoms with van der Waals surface area (Å²) in [6, 6.07) is 0. The minimum absolute atomic E-state index is 0.854. The van der Waals surface area contributed by atoms with Crippen molar-refractivity contribution in [2.75, 3.05) is 52.9 Å². The Bertz CT molecular complexity index is 2120. The molecule has 40 atom stereocenters.